The van der Waals surface area contributed by atoms with Gasteiger partial charge >= 0.3 is 0 Å². The van der Waals surface area contributed by atoms with E-state index in [1.807, 2.05) is 6.92 Å². The number of aliphatic hydroxyl groups is 1. The van der Waals surface area contributed by atoms with Crippen molar-refractivity contribution in [2.75, 3.05) is 6.54 Å². The van der Waals surface area contributed by atoms with Crippen molar-refractivity contribution >= 4 is 17.5 Å². The summed E-state index contributed by atoms with van der Waals surface area (Å²) >= 11 is 5.54. The highest BCUT2D eigenvalue weighted by molar-refractivity contribution is 6.29. The Labute approximate surface area is 98.8 Å². The molecule has 5 nitrogen and oxygen atoms in total. The molecule has 0 aliphatic carbocycles. The number of aliphatic hydroxyl groups excluding tert-OH is 1. The molecule has 88 valence electrons. The zero-order chi connectivity index (χ0) is 12.0. The molecular formula is C10H14ClN3O2. The highest BCUT2D eigenvalue weighted by Gasteiger charge is 2.09. The molecule has 1 heterocycles. The van der Waals surface area contributed by atoms with E-state index < -0.39 is 6.10 Å². The Balaban J connectivity index is 2.43. The predicted octanol–water partition coefficient (Wildman–Crippen LogP) is 1.02. The van der Waals surface area contributed by atoms with Gasteiger partial charge in [0.15, 0.2) is 10.8 Å². The van der Waals surface area contributed by atoms with Crippen molar-refractivity contribution in [2.24, 2.45) is 0 Å². The quantitative estimate of drug-likeness (QED) is 0.810. The fourth-order valence-electron chi connectivity index (χ4n) is 1.17. The predicted molar refractivity (Wildman–Crippen MR) is 60.3 cm³/mol. The van der Waals surface area contributed by atoms with E-state index >= 15 is 0 Å². The van der Waals surface area contributed by atoms with Crippen LogP contribution in [0.15, 0.2) is 12.1 Å². The number of hydrogen-bond acceptors (Lipinski definition) is 4. The minimum Gasteiger partial charge on any atom is -0.391 e. The molecule has 1 unspecified atom stereocenters. The molecule has 0 saturated heterocycles. The lowest BCUT2D eigenvalue weighted by molar-refractivity contribution is 0.0904. The molecule has 0 aromatic carbocycles. The summed E-state index contributed by atoms with van der Waals surface area (Å²) < 4.78 is 0. The fraction of sp³-hybridized carbons (Fsp3) is 0.500. The van der Waals surface area contributed by atoms with Crippen LogP contribution in [0.4, 0.5) is 0 Å². The number of amides is 1. The molecule has 0 spiro atoms. The molecule has 0 aliphatic heterocycles. The van der Waals surface area contributed by atoms with Gasteiger partial charge in [-0.05, 0) is 18.6 Å². The van der Waals surface area contributed by atoms with Crippen molar-refractivity contribution in [1.82, 2.24) is 15.5 Å². The van der Waals surface area contributed by atoms with E-state index in [1.54, 1.807) is 0 Å². The number of hydrogen-bond donors (Lipinski definition) is 2. The van der Waals surface area contributed by atoms with Gasteiger partial charge in [-0.3, -0.25) is 4.79 Å². The number of halogens is 1. The third kappa shape index (κ3) is 4.12. The molecule has 6 heteroatoms. The van der Waals surface area contributed by atoms with Gasteiger partial charge in [-0.25, -0.2) is 0 Å². The molecule has 0 bridgehead atoms. The van der Waals surface area contributed by atoms with Crippen molar-refractivity contribution < 1.29 is 9.90 Å². The minimum absolute atomic E-state index is 0.188. The molecule has 0 aliphatic rings. The van der Waals surface area contributed by atoms with Crippen LogP contribution in [-0.4, -0.2) is 33.9 Å². The van der Waals surface area contributed by atoms with Crippen molar-refractivity contribution in [2.45, 2.75) is 25.9 Å². The largest absolute Gasteiger partial charge is 0.391 e. The summed E-state index contributed by atoms with van der Waals surface area (Å²) in [6, 6.07) is 2.98. The van der Waals surface area contributed by atoms with Crippen molar-refractivity contribution in [3.05, 3.63) is 23.0 Å². The third-order valence-corrected chi connectivity index (χ3v) is 2.19. The molecular weight excluding hydrogens is 230 g/mol. The summed E-state index contributed by atoms with van der Waals surface area (Å²) in [7, 11) is 0. The molecule has 1 atom stereocenters. The van der Waals surface area contributed by atoms with Crippen LogP contribution in [-0.2, 0) is 0 Å². The molecule has 2 N–H and O–H groups in total. The van der Waals surface area contributed by atoms with E-state index in [0.29, 0.717) is 6.42 Å². The Morgan fingerprint density at radius 3 is 2.88 bits per heavy atom. The van der Waals surface area contributed by atoms with E-state index in [2.05, 4.69) is 15.5 Å². The standard InChI is InChI=1S/C10H14ClN3O2/c1-2-3-7(15)6-12-10(16)8-4-5-9(11)14-13-8/h4-5,7,15H,2-3,6H2,1H3,(H,12,16). The van der Waals surface area contributed by atoms with E-state index in [1.165, 1.54) is 12.1 Å². The number of carbonyl (C=O) groups excluding carboxylic acids is 1. The minimum atomic E-state index is -0.519. The van der Waals surface area contributed by atoms with Crippen LogP contribution < -0.4 is 5.32 Å². The first kappa shape index (κ1) is 12.9. The van der Waals surface area contributed by atoms with Gasteiger partial charge in [0.05, 0.1) is 6.10 Å². The van der Waals surface area contributed by atoms with Gasteiger partial charge in [0.25, 0.3) is 5.91 Å². The maximum Gasteiger partial charge on any atom is 0.271 e. The van der Waals surface area contributed by atoms with E-state index in [4.69, 9.17) is 11.6 Å². The first-order valence-electron chi connectivity index (χ1n) is 5.09. The zero-order valence-electron chi connectivity index (χ0n) is 8.98. The first-order valence-corrected chi connectivity index (χ1v) is 5.46. The van der Waals surface area contributed by atoms with E-state index in [0.717, 1.165) is 6.42 Å². The number of aromatic nitrogens is 2. The highest BCUT2D eigenvalue weighted by Crippen LogP contribution is 2.02. The van der Waals surface area contributed by atoms with Gasteiger partial charge in [-0.1, -0.05) is 24.9 Å². The van der Waals surface area contributed by atoms with Crippen LogP contribution in [0.3, 0.4) is 0 Å². The van der Waals surface area contributed by atoms with Crippen LogP contribution in [0.25, 0.3) is 0 Å². The number of carbonyl (C=O) groups is 1. The SMILES string of the molecule is CCCC(O)CNC(=O)c1ccc(Cl)nn1. The Morgan fingerprint density at radius 2 is 2.31 bits per heavy atom. The number of nitrogens with zero attached hydrogens (tertiary/aromatic N) is 2. The Morgan fingerprint density at radius 1 is 1.56 bits per heavy atom. The Hall–Kier alpha value is -1.20. The topological polar surface area (TPSA) is 75.1 Å². The fourth-order valence-corrected chi connectivity index (χ4v) is 1.27. The maximum atomic E-state index is 11.5. The average molecular weight is 244 g/mol. The molecule has 0 fully saturated rings. The van der Waals surface area contributed by atoms with Crippen LogP contribution in [0.2, 0.25) is 5.15 Å². The van der Waals surface area contributed by atoms with Crippen molar-refractivity contribution in [3.8, 4) is 0 Å². The normalized spacial score (nSPS) is 12.2. The molecule has 1 aromatic rings. The van der Waals surface area contributed by atoms with Gasteiger partial charge in [0.2, 0.25) is 0 Å². The first-order chi connectivity index (χ1) is 7.63. The van der Waals surface area contributed by atoms with Gasteiger partial charge in [0, 0.05) is 6.54 Å². The molecule has 1 rings (SSSR count). The summed E-state index contributed by atoms with van der Waals surface area (Å²) in [4.78, 5) is 11.5. The number of rotatable bonds is 5. The summed E-state index contributed by atoms with van der Waals surface area (Å²) in [5.74, 6) is -0.362. The van der Waals surface area contributed by atoms with Gasteiger partial charge in [-0.15, -0.1) is 10.2 Å². The second kappa shape index (κ2) is 6.40. The van der Waals surface area contributed by atoms with Gasteiger partial charge in [-0.2, -0.15) is 0 Å². The average Bonchev–Trinajstić information content (AvgIpc) is 2.27. The lowest BCUT2D eigenvalue weighted by Crippen LogP contribution is -2.32. The van der Waals surface area contributed by atoms with Crippen molar-refractivity contribution in [3.63, 3.8) is 0 Å². The lowest BCUT2D eigenvalue weighted by atomic mass is 10.2. The van der Waals surface area contributed by atoms with Crippen LogP contribution in [0.1, 0.15) is 30.3 Å². The van der Waals surface area contributed by atoms with Crippen LogP contribution in [0, 0.1) is 0 Å². The summed E-state index contributed by atoms with van der Waals surface area (Å²) in [5.41, 5.74) is 0.188. The second-order valence-electron chi connectivity index (χ2n) is 3.39. The second-order valence-corrected chi connectivity index (χ2v) is 3.78. The van der Waals surface area contributed by atoms with E-state index in [-0.39, 0.29) is 23.3 Å². The molecule has 1 amide bonds. The van der Waals surface area contributed by atoms with Crippen molar-refractivity contribution in [1.29, 1.82) is 0 Å². The number of nitrogens with one attached hydrogen (secondary N) is 1. The monoisotopic (exact) mass is 243 g/mol. The molecule has 1 aromatic heterocycles. The zero-order valence-corrected chi connectivity index (χ0v) is 9.74. The lowest BCUT2D eigenvalue weighted by Gasteiger charge is -2.09. The summed E-state index contributed by atoms with van der Waals surface area (Å²) in [6.07, 6.45) is 1.01. The molecule has 16 heavy (non-hydrogen) atoms. The van der Waals surface area contributed by atoms with Crippen LogP contribution in [0.5, 0.6) is 0 Å². The molecule has 0 radical (unpaired) electrons. The Kier molecular flexibility index (Phi) is 5.14. The third-order valence-electron chi connectivity index (χ3n) is 1.98. The molecule has 0 saturated carbocycles. The Bertz CT molecular complexity index is 342. The van der Waals surface area contributed by atoms with Crippen LogP contribution >= 0.6 is 11.6 Å². The summed E-state index contributed by atoms with van der Waals surface area (Å²) in [6.45, 7) is 2.19. The van der Waals surface area contributed by atoms with Gasteiger partial charge < -0.3 is 10.4 Å². The summed E-state index contributed by atoms with van der Waals surface area (Å²) in [5, 5.41) is 19.4. The smallest absolute Gasteiger partial charge is 0.271 e. The van der Waals surface area contributed by atoms with E-state index in [9.17, 15) is 9.90 Å². The highest BCUT2D eigenvalue weighted by atomic mass is 35.5. The maximum absolute atomic E-state index is 11.5. The van der Waals surface area contributed by atoms with Gasteiger partial charge in [0.1, 0.15) is 0 Å².